The highest BCUT2D eigenvalue weighted by atomic mass is 16.5. The molecule has 0 spiro atoms. The first-order chi connectivity index (χ1) is 14.2. The standard InChI is InChI=1S/C22H24N6O/c1-15(2)28-8-7-16-3-4-17-13-24-22(26-20(17)21(16)28)25-19-6-5-18(14-23-19)27-9-11-29-12-10-27/h3-8,13-15H,9-12H2,1-2H3,(H,23,24,25,26). The van der Waals surface area contributed by atoms with Crippen molar-refractivity contribution < 1.29 is 4.74 Å². The number of nitrogens with one attached hydrogen (secondary N) is 1. The van der Waals surface area contributed by atoms with Crippen LogP contribution in [0, 0.1) is 0 Å². The summed E-state index contributed by atoms with van der Waals surface area (Å²) in [5.41, 5.74) is 3.19. The molecule has 7 heteroatoms. The second kappa shape index (κ2) is 7.33. The maximum Gasteiger partial charge on any atom is 0.228 e. The van der Waals surface area contributed by atoms with Crippen LogP contribution in [0.1, 0.15) is 19.9 Å². The van der Waals surface area contributed by atoms with Crippen LogP contribution < -0.4 is 10.2 Å². The lowest BCUT2D eigenvalue weighted by Gasteiger charge is -2.28. The molecule has 148 valence electrons. The molecule has 0 amide bonds. The number of fused-ring (bicyclic) bond motifs is 3. The Morgan fingerprint density at radius 2 is 1.79 bits per heavy atom. The summed E-state index contributed by atoms with van der Waals surface area (Å²) >= 11 is 0. The van der Waals surface area contributed by atoms with E-state index in [4.69, 9.17) is 9.72 Å². The molecule has 0 aliphatic carbocycles. The Labute approximate surface area is 169 Å². The minimum atomic E-state index is 0.360. The Hall–Kier alpha value is -3.19. The predicted octanol–water partition coefficient (Wildman–Crippen LogP) is 4.14. The molecular formula is C22H24N6O. The van der Waals surface area contributed by atoms with Gasteiger partial charge in [0, 0.05) is 42.3 Å². The third-order valence-corrected chi connectivity index (χ3v) is 5.35. The summed E-state index contributed by atoms with van der Waals surface area (Å²) < 4.78 is 7.67. The van der Waals surface area contributed by atoms with Crippen molar-refractivity contribution in [2.45, 2.75) is 19.9 Å². The molecule has 3 aromatic heterocycles. The molecular weight excluding hydrogens is 364 g/mol. The molecule has 0 radical (unpaired) electrons. The van der Waals surface area contributed by atoms with Gasteiger partial charge in [0.25, 0.3) is 0 Å². The van der Waals surface area contributed by atoms with E-state index < -0.39 is 0 Å². The largest absolute Gasteiger partial charge is 0.378 e. The maximum absolute atomic E-state index is 5.41. The van der Waals surface area contributed by atoms with Gasteiger partial charge in [0.15, 0.2) is 0 Å². The first kappa shape index (κ1) is 17.9. The monoisotopic (exact) mass is 388 g/mol. The highest BCUT2D eigenvalue weighted by Crippen LogP contribution is 2.28. The fourth-order valence-electron chi connectivity index (χ4n) is 3.81. The number of ether oxygens (including phenoxy) is 1. The predicted molar refractivity (Wildman–Crippen MR) is 116 cm³/mol. The molecule has 0 atom stereocenters. The van der Waals surface area contributed by atoms with E-state index in [2.05, 4.69) is 69.1 Å². The van der Waals surface area contributed by atoms with Crippen molar-refractivity contribution in [3.63, 3.8) is 0 Å². The summed E-state index contributed by atoms with van der Waals surface area (Å²) in [6.45, 7) is 7.67. The first-order valence-electron chi connectivity index (χ1n) is 10.0. The van der Waals surface area contributed by atoms with Crippen LogP contribution in [-0.2, 0) is 4.74 Å². The molecule has 1 N–H and O–H groups in total. The Balaban J connectivity index is 1.46. The van der Waals surface area contributed by atoms with E-state index in [9.17, 15) is 0 Å². The van der Waals surface area contributed by atoms with E-state index >= 15 is 0 Å². The minimum absolute atomic E-state index is 0.360. The third-order valence-electron chi connectivity index (χ3n) is 5.35. The Bertz CT molecular complexity index is 1150. The van der Waals surface area contributed by atoms with Gasteiger partial charge in [-0.15, -0.1) is 0 Å². The first-order valence-corrected chi connectivity index (χ1v) is 10.0. The molecule has 29 heavy (non-hydrogen) atoms. The summed E-state index contributed by atoms with van der Waals surface area (Å²) in [6, 6.07) is 10.7. The average molecular weight is 388 g/mol. The molecule has 0 bridgehead atoms. The van der Waals surface area contributed by atoms with Crippen molar-refractivity contribution in [2.75, 3.05) is 36.5 Å². The van der Waals surface area contributed by atoms with Crippen LogP contribution in [0.25, 0.3) is 21.8 Å². The molecule has 4 aromatic rings. The lowest BCUT2D eigenvalue weighted by molar-refractivity contribution is 0.122. The van der Waals surface area contributed by atoms with Gasteiger partial charge in [-0.2, -0.15) is 0 Å². The number of aromatic nitrogens is 4. The molecule has 5 rings (SSSR count). The van der Waals surface area contributed by atoms with E-state index in [-0.39, 0.29) is 0 Å². The normalized spacial score (nSPS) is 14.8. The van der Waals surface area contributed by atoms with Gasteiger partial charge in [0.1, 0.15) is 11.3 Å². The van der Waals surface area contributed by atoms with Crippen LogP contribution in [0.3, 0.4) is 0 Å². The van der Waals surface area contributed by atoms with Crippen molar-refractivity contribution in [3.05, 3.63) is 48.9 Å². The van der Waals surface area contributed by atoms with E-state index in [0.717, 1.165) is 54.2 Å². The number of rotatable bonds is 4. The highest BCUT2D eigenvalue weighted by molar-refractivity contribution is 6.03. The molecule has 1 aromatic carbocycles. The number of anilines is 3. The molecule has 0 saturated carbocycles. The second-order valence-corrected chi connectivity index (χ2v) is 7.58. The maximum atomic E-state index is 5.41. The highest BCUT2D eigenvalue weighted by Gasteiger charge is 2.13. The zero-order chi connectivity index (χ0) is 19.8. The Morgan fingerprint density at radius 1 is 0.966 bits per heavy atom. The quantitative estimate of drug-likeness (QED) is 0.567. The van der Waals surface area contributed by atoms with E-state index in [1.165, 1.54) is 5.39 Å². The van der Waals surface area contributed by atoms with Gasteiger partial charge in [-0.1, -0.05) is 12.1 Å². The molecule has 0 unspecified atom stereocenters. The van der Waals surface area contributed by atoms with Gasteiger partial charge >= 0.3 is 0 Å². The van der Waals surface area contributed by atoms with Crippen molar-refractivity contribution in [2.24, 2.45) is 0 Å². The minimum Gasteiger partial charge on any atom is -0.378 e. The topological polar surface area (TPSA) is 68.1 Å². The van der Waals surface area contributed by atoms with Crippen LogP contribution in [-0.4, -0.2) is 45.8 Å². The lowest BCUT2D eigenvalue weighted by atomic mass is 10.2. The number of hydrogen-bond donors (Lipinski definition) is 1. The fraction of sp³-hybridized carbons (Fsp3) is 0.318. The summed E-state index contributed by atoms with van der Waals surface area (Å²) in [7, 11) is 0. The third kappa shape index (κ3) is 3.38. The van der Waals surface area contributed by atoms with Gasteiger partial charge in [-0.3, -0.25) is 0 Å². The lowest BCUT2D eigenvalue weighted by Crippen LogP contribution is -2.36. The zero-order valence-electron chi connectivity index (χ0n) is 16.7. The number of benzene rings is 1. The summed E-state index contributed by atoms with van der Waals surface area (Å²) in [5.74, 6) is 1.28. The molecule has 1 aliphatic rings. The number of pyridine rings is 1. The Kier molecular flexibility index (Phi) is 4.52. The molecule has 4 heterocycles. The number of hydrogen-bond acceptors (Lipinski definition) is 6. The van der Waals surface area contributed by atoms with E-state index in [1.54, 1.807) is 0 Å². The van der Waals surface area contributed by atoms with Crippen LogP contribution in [0.15, 0.2) is 48.9 Å². The van der Waals surface area contributed by atoms with Crippen molar-refractivity contribution in [1.29, 1.82) is 0 Å². The van der Waals surface area contributed by atoms with Crippen molar-refractivity contribution in [1.82, 2.24) is 19.5 Å². The number of nitrogens with zero attached hydrogens (tertiary/aromatic N) is 5. The SMILES string of the molecule is CC(C)n1ccc2ccc3cnc(Nc4ccc(N5CCOCC5)cn4)nc3c21. The molecule has 1 aliphatic heterocycles. The van der Waals surface area contributed by atoms with Gasteiger partial charge in [0.2, 0.25) is 5.95 Å². The fourth-order valence-corrected chi connectivity index (χ4v) is 3.81. The Morgan fingerprint density at radius 3 is 2.55 bits per heavy atom. The van der Waals surface area contributed by atoms with E-state index in [0.29, 0.717) is 12.0 Å². The molecule has 1 saturated heterocycles. The molecule has 1 fully saturated rings. The van der Waals surface area contributed by atoms with Crippen LogP contribution in [0.5, 0.6) is 0 Å². The van der Waals surface area contributed by atoms with Gasteiger partial charge in [-0.05, 0) is 32.0 Å². The average Bonchev–Trinajstić information content (AvgIpc) is 3.20. The van der Waals surface area contributed by atoms with Crippen molar-refractivity contribution in [3.8, 4) is 0 Å². The van der Waals surface area contributed by atoms with Crippen LogP contribution >= 0.6 is 0 Å². The summed E-state index contributed by atoms with van der Waals surface area (Å²) in [5, 5.41) is 5.46. The van der Waals surface area contributed by atoms with Gasteiger partial charge in [-0.25, -0.2) is 15.0 Å². The zero-order valence-corrected chi connectivity index (χ0v) is 16.7. The van der Waals surface area contributed by atoms with Gasteiger partial charge in [0.05, 0.1) is 30.6 Å². The summed E-state index contributed by atoms with van der Waals surface area (Å²) in [4.78, 5) is 16.1. The van der Waals surface area contributed by atoms with E-state index in [1.807, 2.05) is 18.5 Å². The van der Waals surface area contributed by atoms with Crippen LogP contribution in [0.4, 0.5) is 17.5 Å². The second-order valence-electron chi connectivity index (χ2n) is 7.58. The smallest absolute Gasteiger partial charge is 0.228 e. The van der Waals surface area contributed by atoms with Crippen molar-refractivity contribution >= 4 is 39.3 Å². The molecule has 7 nitrogen and oxygen atoms in total. The summed E-state index contributed by atoms with van der Waals surface area (Å²) in [6.07, 6.45) is 5.87. The number of morpholine rings is 1. The van der Waals surface area contributed by atoms with Gasteiger partial charge < -0.3 is 19.5 Å². The van der Waals surface area contributed by atoms with Crippen LogP contribution in [0.2, 0.25) is 0 Å².